The van der Waals surface area contributed by atoms with Crippen LogP contribution in [0.3, 0.4) is 0 Å². The zero-order valence-electron chi connectivity index (χ0n) is 11.6. The molecule has 4 heteroatoms. The summed E-state index contributed by atoms with van der Waals surface area (Å²) in [6, 6.07) is 0. The molecule has 0 aromatic carbocycles. The molecule has 0 spiro atoms. The Balaban J connectivity index is 0.000000121. The normalized spacial score (nSPS) is 38.8. The van der Waals surface area contributed by atoms with Crippen molar-refractivity contribution in [1.82, 2.24) is 0 Å². The molecule has 0 amide bonds. The Kier molecular flexibility index (Phi) is 3.57. The highest BCUT2D eigenvalue weighted by Crippen LogP contribution is 2.40. The zero-order chi connectivity index (χ0) is 14.3. The quantitative estimate of drug-likeness (QED) is 0.677. The molecule has 0 unspecified atom stereocenters. The van der Waals surface area contributed by atoms with E-state index >= 15 is 0 Å². The Bertz CT molecular complexity index is 359. The predicted octanol–water partition coefficient (Wildman–Crippen LogP) is 1.89. The van der Waals surface area contributed by atoms with Crippen molar-refractivity contribution in [3.05, 3.63) is 0 Å². The summed E-state index contributed by atoms with van der Waals surface area (Å²) in [6.45, 7) is 0. The minimum Gasteiger partial charge on any atom is -0.300 e. The van der Waals surface area contributed by atoms with Crippen molar-refractivity contribution < 1.29 is 19.2 Å². The Morgan fingerprint density at radius 1 is 0.400 bits per heavy atom. The van der Waals surface area contributed by atoms with Gasteiger partial charge in [-0.05, 0) is 23.7 Å². The van der Waals surface area contributed by atoms with Crippen LogP contribution in [0.2, 0.25) is 0 Å². The number of hydrogen-bond acceptors (Lipinski definition) is 4. The molecule has 4 rings (SSSR count). The smallest absolute Gasteiger partial charge is 0.133 e. The Hall–Kier alpha value is -1.32. The Morgan fingerprint density at radius 2 is 0.550 bits per heavy atom. The van der Waals surface area contributed by atoms with E-state index in [4.69, 9.17) is 0 Å². The molecule has 0 aromatic rings. The second-order valence-corrected chi connectivity index (χ2v) is 6.83. The highest BCUT2D eigenvalue weighted by Gasteiger charge is 2.40. The predicted molar refractivity (Wildman–Crippen MR) is 70.9 cm³/mol. The van der Waals surface area contributed by atoms with Crippen LogP contribution in [-0.4, -0.2) is 23.1 Å². The maximum absolute atomic E-state index is 10.9. The molecule has 0 aromatic heterocycles. The molecule has 4 aliphatic rings. The summed E-state index contributed by atoms with van der Waals surface area (Å²) < 4.78 is 0. The van der Waals surface area contributed by atoms with Crippen molar-refractivity contribution in [1.29, 1.82) is 0 Å². The van der Waals surface area contributed by atoms with Crippen LogP contribution in [0.4, 0.5) is 0 Å². The molecule has 108 valence electrons. The first-order chi connectivity index (χ1) is 9.51. The topological polar surface area (TPSA) is 68.3 Å². The minimum atomic E-state index is 0.363. The van der Waals surface area contributed by atoms with Gasteiger partial charge in [0.15, 0.2) is 0 Å². The Morgan fingerprint density at radius 3 is 0.700 bits per heavy atom. The third kappa shape index (κ3) is 2.74. The molecule has 0 radical (unpaired) electrons. The van der Waals surface area contributed by atoms with E-state index in [1.807, 2.05) is 0 Å². The lowest BCUT2D eigenvalue weighted by Gasteiger charge is -2.01. The molecule has 4 saturated carbocycles. The molecule has 20 heavy (non-hydrogen) atoms. The lowest BCUT2D eigenvalue weighted by molar-refractivity contribution is -0.121. The van der Waals surface area contributed by atoms with E-state index in [2.05, 4.69) is 0 Å². The van der Waals surface area contributed by atoms with Crippen molar-refractivity contribution in [2.24, 2.45) is 23.7 Å². The molecule has 4 fully saturated rings. The highest BCUT2D eigenvalue weighted by atomic mass is 16.1. The van der Waals surface area contributed by atoms with Crippen LogP contribution in [0.15, 0.2) is 0 Å². The monoisotopic (exact) mass is 276 g/mol. The molecule has 0 heterocycles. The molecular formula is C16H20O4. The van der Waals surface area contributed by atoms with E-state index in [0.29, 0.717) is 98.2 Å². The number of Topliss-reactive ketones (excluding diaryl/α,β-unsaturated/α-hetero) is 4. The van der Waals surface area contributed by atoms with Crippen molar-refractivity contribution >= 4 is 23.1 Å². The number of carbonyl (C=O) groups is 4. The van der Waals surface area contributed by atoms with Crippen LogP contribution in [0.5, 0.6) is 0 Å². The van der Waals surface area contributed by atoms with Crippen LogP contribution in [0.25, 0.3) is 0 Å². The van der Waals surface area contributed by atoms with Crippen molar-refractivity contribution in [2.75, 3.05) is 0 Å². The van der Waals surface area contributed by atoms with Crippen LogP contribution in [-0.2, 0) is 19.2 Å². The van der Waals surface area contributed by atoms with E-state index in [9.17, 15) is 19.2 Å². The second-order valence-electron chi connectivity index (χ2n) is 6.83. The van der Waals surface area contributed by atoms with Crippen LogP contribution in [0.1, 0.15) is 51.4 Å². The van der Waals surface area contributed by atoms with Gasteiger partial charge in [-0.3, -0.25) is 19.2 Å². The lowest BCUT2D eigenvalue weighted by Crippen LogP contribution is -1.96. The molecule has 0 N–H and O–H groups in total. The van der Waals surface area contributed by atoms with Crippen molar-refractivity contribution in [3.63, 3.8) is 0 Å². The van der Waals surface area contributed by atoms with E-state index in [-0.39, 0.29) is 0 Å². The van der Waals surface area contributed by atoms with Gasteiger partial charge in [-0.2, -0.15) is 0 Å². The van der Waals surface area contributed by atoms with E-state index in [1.54, 1.807) is 0 Å². The van der Waals surface area contributed by atoms with Crippen LogP contribution in [0, 0.1) is 23.7 Å². The number of fused-ring (bicyclic) bond motifs is 2. The molecular weight excluding hydrogens is 256 g/mol. The summed E-state index contributed by atoms with van der Waals surface area (Å²) in [5, 5.41) is 0. The van der Waals surface area contributed by atoms with Gasteiger partial charge in [0.1, 0.15) is 23.1 Å². The SMILES string of the molecule is O=C1CC2CC(=O)CC2C1.O=C1CC2CC(=O)CC2C1. The summed E-state index contributed by atoms with van der Waals surface area (Å²) in [6.07, 6.45) is 5.42. The fraction of sp³-hybridized carbons (Fsp3) is 0.750. The summed E-state index contributed by atoms with van der Waals surface area (Å²) in [7, 11) is 0. The number of hydrogen-bond donors (Lipinski definition) is 0. The van der Waals surface area contributed by atoms with Gasteiger partial charge in [0.2, 0.25) is 0 Å². The molecule has 0 aliphatic heterocycles. The third-order valence-electron chi connectivity index (χ3n) is 5.25. The minimum absolute atomic E-state index is 0.363. The molecule has 4 aliphatic carbocycles. The van der Waals surface area contributed by atoms with E-state index in [0.717, 1.165) is 0 Å². The van der Waals surface area contributed by atoms with E-state index in [1.165, 1.54) is 0 Å². The number of carbonyl (C=O) groups excluding carboxylic acids is 4. The number of ketones is 4. The lowest BCUT2D eigenvalue weighted by atomic mass is 10.0. The standard InChI is InChI=1S/2C8H10O2/c2*9-7-1-5-2-8(10)4-6(5)3-7/h2*5-6H,1-4H2. The van der Waals surface area contributed by atoms with Crippen molar-refractivity contribution in [2.45, 2.75) is 51.4 Å². The average molecular weight is 276 g/mol. The first kappa shape index (κ1) is 13.7. The maximum atomic E-state index is 10.9. The maximum Gasteiger partial charge on any atom is 0.133 e. The molecule has 0 bridgehead atoms. The van der Waals surface area contributed by atoms with Crippen LogP contribution < -0.4 is 0 Å². The third-order valence-corrected chi connectivity index (χ3v) is 5.25. The average Bonchev–Trinajstić information content (AvgIpc) is 2.98. The fourth-order valence-electron chi connectivity index (χ4n) is 4.29. The van der Waals surface area contributed by atoms with E-state index < -0.39 is 0 Å². The van der Waals surface area contributed by atoms with Gasteiger partial charge >= 0.3 is 0 Å². The van der Waals surface area contributed by atoms with Crippen molar-refractivity contribution in [3.8, 4) is 0 Å². The fourth-order valence-corrected chi connectivity index (χ4v) is 4.29. The summed E-state index contributed by atoms with van der Waals surface area (Å²) in [5.41, 5.74) is 0. The largest absolute Gasteiger partial charge is 0.300 e. The summed E-state index contributed by atoms with van der Waals surface area (Å²) >= 11 is 0. The molecule has 4 nitrogen and oxygen atoms in total. The summed E-state index contributed by atoms with van der Waals surface area (Å²) in [5.74, 6) is 3.18. The second kappa shape index (κ2) is 5.23. The van der Waals surface area contributed by atoms with Gasteiger partial charge in [-0.1, -0.05) is 0 Å². The van der Waals surface area contributed by atoms with Gasteiger partial charge in [0.25, 0.3) is 0 Å². The highest BCUT2D eigenvalue weighted by molar-refractivity contribution is 5.89. The van der Waals surface area contributed by atoms with Gasteiger partial charge in [0.05, 0.1) is 0 Å². The number of rotatable bonds is 0. The summed E-state index contributed by atoms with van der Waals surface area (Å²) in [4.78, 5) is 43.4. The molecule has 0 saturated heterocycles. The van der Waals surface area contributed by atoms with Gasteiger partial charge < -0.3 is 0 Å². The zero-order valence-corrected chi connectivity index (χ0v) is 11.6. The van der Waals surface area contributed by atoms with Gasteiger partial charge in [-0.25, -0.2) is 0 Å². The first-order valence-corrected chi connectivity index (χ1v) is 7.58. The molecule has 0 atom stereocenters. The first-order valence-electron chi connectivity index (χ1n) is 7.58. The Labute approximate surface area is 118 Å². The van der Waals surface area contributed by atoms with Gasteiger partial charge in [-0.15, -0.1) is 0 Å². The van der Waals surface area contributed by atoms with Crippen LogP contribution >= 0.6 is 0 Å². The van der Waals surface area contributed by atoms with Gasteiger partial charge in [0, 0.05) is 51.4 Å².